The van der Waals surface area contributed by atoms with Gasteiger partial charge in [0.2, 0.25) is 0 Å². The number of hydrogen-bond acceptors (Lipinski definition) is 5. The third-order valence-electron chi connectivity index (χ3n) is 12.3. The first-order valence-electron chi connectivity index (χ1n) is 19.6. The lowest BCUT2D eigenvalue weighted by atomic mass is 9.66. The summed E-state index contributed by atoms with van der Waals surface area (Å²) in [6, 6.07) is 53.5. The average molecular weight is 722 g/mol. The molecular weight excluding hydrogens is 687 g/mol. The van der Waals surface area contributed by atoms with Crippen molar-refractivity contribution >= 4 is 43.9 Å². The molecule has 0 unspecified atom stereocenters. The van der Waals surface area contributed by atoms with Gasteiger partial charge in [0.15, 0.2) is 17.5 Å². The predicted molar refractivity (Wildman–Crippen MR) is 225 cm³/mol. The highest BCUT2D eigenvalue weighted by Gasteiger charge is 2.45. The van der Waals surface area contributed by atoms with Gasteiger partial charge in [-0.2, -0.15) is 0 Å². The molecule has 3 aromatic heterocycles. The van der Waals surface area contributed by atoms with Crippen LogP contribution in [0, 0.1) is 0 Å². The zero-order chi connectivity index (χ0) is 36.8. The molecule has 12 rings (SSSR count). The number of nitrogens with zero attached hydrogens (tertiary/aromatic N) is 3. The van der Waals surface area contributed by atoms with Gasteiger partial charge in [-0.15, -0.1) is 0 Å². The molecule has 0 radical (unpaired) electrons. The minimum atomic E-state index is 0.0378. The summed E-state index contributed by atoms with van der Waals surface area (Å²) in [5.74, 6) is 1.85. The van der Waals surface area contributed by atoms with E-state index in [9.17, 15) is 0 Å². The van der Waals surface area contributed by atoms with Gasteiger partial charge in [-0.1, -0.05) is 116 Å². The fourth-order valence-corrected chi connectivity index (χ4v) is 9.80. The third-order valence-corrected chi connectivity index (χ3v) is 12.3. The number of aromatic nitrogens is 3. The second-order valence-corrected chi connectivity index (χ2v) is 15.4. The zero-order valence-corrected chi connectivity index (χ0v) is 30.6. The van der Waals surface area contributed by atoms with Gasteiger partial charge in [0.1, 0.15) is 22.3 Å². The van der Waals surface area contributed by atoms with E-state index < -0.39 is 0 Å². The number of fused-ring (bicyclic) bond motifs is 11. The van der Waals surface area contributed by atoms with Crippen LogP contribution in [0.4, 0.5) is 0 Å². The van der Waals surface area contributed by atoms with E-state index in [1.165, 1.54) is 65.5 Å². The lowest BCUT2D eigenvalue weighted by molar-refractivity contribution is 0.353. The fourth-order valence-electron chi connectivity index (χ4n) is 9.80. The van der Waals surface area contributed by atoms with E-state index >= 15 is 0 Å². The molecule has 0 N–H and O–H groups in total. The van der Waals surface area contributed by atoms with Crippen LogP contribution < -0.4 is 0 Å². The molecule has 56 heavy (non-hydrogen) atoms. The zero-order valence-electron chi connectivity index (χ0n) is 30.6. The maximum atomic E-state index is 6.18. The molecule has 0 saturated heterocycles. The Balaban J connectivity index is 1.05. The highest BCUT2D eigenvalue weighted by molar-refractivity contribution is 6.07. The summed E-state index contributed by atoms with van der Waals surface area (Å²) in [6.07, 6.45) is 6.16. The third kappa shape index (κ3) is 4.70. The Labute approximate surface area is 323 Å². The number of rotatable bonds is 4. The molecule has 2 aliphatic carbocycles. The van der Waals surface area contributed by atoms with Crippen molar-refractivity contribution in [3.63, 3.8) is 0 Å². The van der Waals surface area contributed by atoms with Gasteiger partial charge in [-0.05, 0) is 101 Å². The quantitative estimate of drug-likeness (QED) is 0.181. The van der Waals surface area contributed by atoms with Gasteiger partial charge >= 0.3 is 0 Å². The van der Waals surface area contributed by atoms with Crippen molar-refractivity contribution in [2.24, 2.45) is 0 Å². The minimum Gasteiger partial charge on any atom is -0.456 e. The molecule has 1 saturated carbocycles. The Bertz CT molecular complexity index is 3070. The van der Waals surface area contributed by atoms with Crippen molar-refractivity contribution in [3.05, 3.63) is 163 Å². The second kappa shape index (κ2) is 12.1. The molecular formula is C51H35N3O2. The van der Waals surface area contributed by atoms with Crippen LogP contribution in [-0.4, -0.2) is 15.0 Å². The molecule has 5 nitrogen and oxygen atoms in total. The molecule has 1 spiro atoms. The van der Waals surface area contributed by atoms with Crippen LogP contribution in [0.5, 0.6) is 0 Å². The Morgan fingerprint density at radius 1 is 0.375 bits per heavy atom. The highest BCUT2D eigenvalue weighted by atomic mass is 16.3. The van der Waals surface area contributed by atoms with Gasteiger partial charge in [0, 0.05) is 43.7 Å². The highest BCUT2D eigenvalue weighted by Crippen LogP contribution is 2.58. The van der Waals surface area contributed by atoms with Crippen molar-refractivity contribution in [1.29, 1.82) is 0 Å². The van der Waals surface area contributed by atoms with E-state index in [2.05, 4.69) is 91.0 Å². The Kier molecular flexibility index (Phi) is 6.79. The van der Waals surface area contributed by atoms with Crippen molar-refractivity contribution in [2.45, 2.75) is 37.5 Å². The largest absolute Gasteiger partial charge is 0.456 e. The lowest BCUT2D eigenvalue weighted by Crippen LogP contribution is -2.28. The first-order valence-corrected chi connectivity index (χ1v) is 19.6. The molecule has 5 heteroatoms. The number of para-hydroxylation sites is 2. The van der Waals surface area contributed by atoms with E-state index in [1.807, 2.05) is 60.7 Å². The predicted octanol–water partition coefficient (Wildman–Crippen LogP) is 13.6. The molecule has 266 valence electrons. The monoisotopic (exact) mass is 721 g/mol. The molecule has 0 atom stereocenters. The van der Waals surface area contributed by atoms with Crippen LogP contribution in [0.3, 0.4) is 0 Å². The summed E-state index contributed by atoms with van der Waals surface area (Å²) < 4.78 is 12.4. The van der Waals surface area contributed by atoms with Crippen LogP contribution in [0.25, 0.3) is 100 Å². The van der Waals surface area contributed by atoms with E-state index in [0.29, 0.717) is 17.5 Å². The van der Waals surface area contributed by atoms with E-state index in [1.54, 1.807) is 0 Å². The number of hydrogen-bond donors (Lipinski definition) is 0. The molecule has 0 aliphatic heterocycles. The van der Waals surface area contributed by atoms with Crippen LogP contribution in [0.2, 0.25) is 0 Å². The van der Waals surface area contributed by atoms with Crippen LogP contribution in [-0.2, 0) is 5.41 Å². The molecule has 1 fully saturated rings. The normalized spacial score (nSPS) is 14.6. The molecule has 0 bridgehead atoms. The fraction of sp³-hybridized carbons (Fsp3) is 0.118. The van der Waals surface area contributed by atoms with E-state index in [-0.39, 0.29) is 5.41 Å². The first kappa shape index (κ1) is 31.5. The van der Waals surface area contributed by atoms with Crippen molar-refractivity contribution in [2.75, 3.05) is 0 Å². The van der Waals surface area contributed by atoms with Gasteiger partial charge in [-0.25, -0.2) is 15.0 Å². The van der Waals surface area contributed by atoms with Crippen LogP contribution >= 0.6 is 0 Å². The van der Waals surface area contributed by atoms with Gasteiger partial charge in [-0.3, -0.25) is 0 Å². The minimum absolute atomic E-state index is 0.0378. The maximum absolute atomic E-state index is 6.18. The van der Waals surface area contributed by atoms with E-state index in [0.717, 1.165) is 60.6 Å². The van der Waals surface area contributed by atoms with Crippen molar-refractivity contribution in [1.82, 2.24) is 15.0 Å². The average Bonchev–Trinajstić information content (AvgIpc) is 3.92. The first-order chi connectivity index (χ1) is 27.7. The van der Waals surface area contributed by atoms with Crippen molar-refractivity contribution in [3.8, 4) is 56.4 Å². The summed E-state index contributed by atoms with van der Waals surface area (Å²) in [4.78, 5) is 15.6. The summed E-state index contributed by atoms with van der Waals surface area (Å²) in [5, 5.41) is 4.20. The molecule has 0 amide bonds. The SMILES string of the molecule is c1cc(-c2nc(-c3ccc4oc5ccccc5c4c3)nc(-c3ccc4oc5ccccc5c4c3)n2)cc(-c2cccc3c2C2(CCCCC2)c2ccccc2-3)c1. The molecule has 7 aromatic carbocycles. The molecule has 3 heterocycles. The second-order valence-electron chi connectivity index (χ2n) is 15.4. The Hall–Kier alpha value is -6.85. The summed E-state index contributed by atoms with van der Waals surface area (Å²) in [6.45, 7) is 0. The molecule has 10 aromatic rings. The number of furan rings is 2. The van der Waals surface area contributed by atoms with Gasteiger partial charge in [0.25, 0.3) is 0 Å². The standard InChI is InChI=1S/C51H35N3O2/c1-8-26-51(27-9-1)42-19-5-2-14-36(42)39-18-11-17-35(47(39)51)31-12-10-13-32(28-31)48-52-49(33-22-24-45-40(29-33)37-15-3-6-20-43(37)55-45)54-50(53-48)34-23-25-46-41(30-34)38-16-4-7-21-44(38)56-46/h2-7,10-25,28-30H,1,8-9,26-27H2. The van der Waals surface area contributed by atoms with E-state index in [4.69, 9.17) is 23.8 Å². The van der Waals surface area contributed by atoms with Gasteiger partial charge in [0.05, 0.1) is 0 Å². The van der Waals surface area contributed by atoms with Crippen LogP contribution in [0.1, 0.15) is 43.2 Å². The maximum Gasteiger partial charge on any atom is 0.164 e. The van der Waals surface area contributed by atoms with Crippen molar-refractivity contribution < 1.29 is 8.83 Å². The number of benzene rings is 7. The summed E-state index contributed by atoms with van der Waals surface area (Å²) in [5.41, 5.74) is 14.4. The smallest absolute Gasteiger partial charge is 0.164 e. The lowest BCUT2D eigenvalue weighted by Gasteiger charge is -2.37. The Morgan fingerprint density at radius 3 is 1.54 bits per heavy atom. The molecule has 2 aliphatic rings. The van der Waals surface area contributed by atoms with Gasteiger partial charge < -0.3 is 8.83 Å². The van der Waals surface area contributed by atoms with Crippen LogP contribution in [0.15, 0.2) is 160 Å². The Morgan fingerprint density at radius 2 is 0.875 bits per heavy atom. The summed E-state index contributed by atoms with van der Waals surface area (Å²) in [7, 11) is 0. The topological polar surface area (TPSA) is 65.0 Å². The summed E-state index contributed by atoms with van der Waals surface area (Å²) >= 11 is 0.